The van der Waals surface area contributed by atoms with Crippen molar-refractivity contribution >= 4 is 23.3 Å². The Morgan fingerprint density at radius 1 is 1.12 bits per heavy atom. The molecule has 1 aromatic heterocycles. The van der Waals surface area contributed by atoms with Crippen LogP contribution in [0.25, 0.3) is 10.9 Å². The SMILES string of the molecule is Cc1ccc2c(c1)c1c(n2CC(O)CNC2CCCCC2)CCCC1.Cl. The molecule has 1 heterocycles. The number of hydrogen-bond donors (Lipinski definition) is 2. The monoisotopic (exact) mass is 376 g/mol. The molecule has 1 unspecified atom stereocenters. The van der Waals surface area contributed by atoms with Crippen molar-refractivity contribution in [2.75, 3.05) is 6.54 Å². The molecule has 4 heteroatoms. The van der Waals surface area contributed by atoms with Crippen molar-refractivity contribution in [3.05, 3.63) is 35.0 Å². The zero-order chi connectivity index (χ0) is 17.2. The topological polar surface area (TPSA) is 37.2 Å². The second kappa shape index (κ2) is 8.77. The van der Waals surface area contributed by atoms with E-state index in [2.05, 4.69) is 35.0 Å². The molecule has 1 atom stereocenters. The van der Waals surface area contributed by atoms with Crippen LogP contribution in [0.3, 0.4) is 0 Å². The van der Waals surface area contributed by atoms with Crippen LogP contribution in [0.15, 0.2) is 18.2 Å². The zero-order valence-corrected chi connectivity index (χ0v) is 16.8. The minimum Gasteiger partial charge on any atom is -0.390 e. The number of rotatable bonds is 5. The molecule has 2 aliphatic rings. The summed E-state index contributed by atoms with van der Waals surface area (Å²) in [6.45, 7) is 3.61. The summed E-state index contributed by atoms with van der Waals surface area (Å²) >= 11 is 0. The molecule has 0 spiro atoms. The molecule has 0 amide bonds. The number of nitrogens with zero attached hydrogens (tertiary/aromatic N) is 1. The van der Waals surface area contributed by atoms with Crippen molar-refractivity contribution in [2.24, 2.45) is 0 Å². The lowest BCUT2D eigenvalue weighted by Gasteiger charge is -2.25. The molecule has 2 aliphatic carbocycles. The van der Waals surface area contributed by atoms with Crippen molar-refractivity contribution in [3.8, 4) is 0 Å². The lowest BCUT2D eigenvalue weighted by atomic mass is 9.95. The largest absolute Gasteiger partial charge is 0.390 e. The maximum Gasteiger partial charge on any atom is 0.0843 e. The van der Waals surface area contributed by atoms with E-state index in [0.29, 0.717) is 19.1 Å². The van der Waals surface area contributed by atoms with E-state index in [1.54, 1.807) is 0 Å². The second-order valence-corrected chi connectivity index (χ2v) is 8.16. The lowest BCUT2D eigenvalue weighted by molar-refractivity contribution is 0.144. The fourth-order valence-electron chi connectivity index (χ4n) is 4.84. The minimum absolute atomic E-state index is 0. The quantitative estimate of drug-likeness (QED) is 0.804. The van der Waals surface area contributed by atoms with E-state index in [1.807, 2.05) is 0 Å². The molecule has 0 radical (unpaired) electrons. The molecular formula is C22H33ClN2O. The maximum atomic E-state index is 10.7. The second-order valence-electron chi connectivity index (χ2n) is 8.16. The van der Waals surface area contributed by atoms with Crippen LogP contribution in [-0.2, 0) is 19.4 Å². The summed E-state index contributed by atoms with van der Waals surface area (Å²) in [5.74, 6) is 0. The van der Waals surface area contributed by atoms with E-state index in [1.165, 1.54) is 79.1 Å². The predicted octanol–water partition coefficient (Wildman–Crippen LogP) is 4.53. The van der Waals surface area contributed by atoms with Crippen LogP contribution in [0, 0.1) is 6.92 Å². The van der Waals surface area contributed by atoms with Crippen LogP contribution in [0.1, 0.15) is 61.8 Å². The number of halogens is 1. The van der Waals surface area contributed by atoms with Gasteiger partial charge in [-0.25, -0.2) is 0 Å². The van der Waals surface area contributed by atoms with Gasteiger partial charge in [0.25, 0.3) is 0 Å². The molecule has 1 saturated carbocycles. The molecule has 26 heavy (non-hydrogen) atoms. The highest BCUT2D eigenvalue weighted by Gasteiger charge is 2.22. The van der Waals surface area contributed by atoms with Crippen LogP contribution < -0.4 is 5.32 Å². The Labute approximate surface area is 163 Å². The van der Waals surface area contributed by atoms with Crippen LogP contribution in [0.4, 0.5) is 0 Å². The number of aliphatic hydroxyl groups is 1. The standard InChI is InChI=1S/C22H32N2O.ClH/c1-16-11-12-22-20(13-16)19-9-5-6-10-21(19)24(22)15-18(25)14-23-17-7-3-2-4-8-17;/h11-13,17-18,23,25H,2-10,14-15H2,1H3;1H. The van der Waals surface area contributed by atoms with E-state index >= 15 is 0 Å². The molecule has 4 rings (SSSR count). The number of aliphatic hydroxyl groups excluding tert-OH is 1. The van der Waals surface area contributed by atoms with Gasteiger partial charge in [0, 0.05) is 29.2 Å². The Kier molecular flexibility index (Phi) is 6.65. The Morgan fingerprint density at radius 2 is 1.88 bits per heavy atom. The zero-order valence-electron chi connectivity index (χ0n) is 16.0. The first-order chi connectivity index (χ1) is 12.2. The number of hydrogen-bond acceptors (Lipinski definition) is 2. The van der Waals surface area contributed by atoms with Gasteiger partial charge in [-0.1, -0.05) is 30.9 Å². The molecule has 0 bridgehead atoms. The highest BCUT2D eigenvalue weighted by molar-refractivity contribution is 5.86. The Bertz CT molecular complexity index is 733. The average molecular weight is 377 g/mol. The van der Waals surface area contributed by atoms with Crippen LogP contribution in [0.5, 0.6) is 0 Å². The molecule has 1 fully saturated rings. The molecule has 0 saturated heterocycles. The van der Waals surface area contributed by atoms with Gasteiger partial charge in [0.15, 0.2) is 0 Å². The summed E-state index contributed by atoms with van der Waals surface area (Å²) in [6, 6.07) is 7.41. The fourth-order valence-corrected chi connectivity index (χ4v) is 4.84. The van der Waals surface area contributed by atoms with E-state index in [-0.39, 0.29) is 18.5 Å². The smallest absolute Gasteiger partial charge is 0.0843 e. The molecule has 0 aliphatic heterocycles. The molecule has 2 aromatic rings. The van der Waals surface area contributed by atoms with E-state index in [9.17, 15) is 5.11 Å². The van der Waals surface area contributed by atoms with Gasteiger partial charge in [-0.15, -0.1) is 12.4 Å². The molecule has 1 aromatic carbocycles. The van der Waals surface area contributed by atoms with Gasteiger partial charge in [0.2, 0.25) is 0 Å². The third-order valence-corrected chi connectivity index (χ3v) is 6.17. The number of aryl methyl sites for hydroxylation is 2. The van der Waals surface area contributed by atoms with Gasteiger partial charge in [0.1, 0.15) is 0 Å². The summed E-state index contributed by atoms with van der Waals surface area (Å²) in [5, 5.41) is 15.7. The van der Waals surface area contributed by atoms with Crippen molar-refractivity contribution in [1.29, 1.82) is 0 Å². The van der Waals surface area contributed by atoms with E-state index < -0.39 is 0 Å². The molecule has 3 nitrogen and oxygen atoms in total. The summed E-state index contributed by atoms with van der Waals surface area (Å²) < 4.78 is 2.41. The Hall–Kier alpha value is -1.03. The van der Waals surface area contributed by atoms with Crippen molar-refractivity contribution < 1.29 is 5.11 Å². The normalized spacial score (nSPS) is 19.2. The first-order valence-electron chi connectivity index (χ1n) is 10.2. The van der Waals surface area contributed by atoms with E-state index in [0.717, 1.165) is 6.42 Å². The summed E-state index contributed by atoms with van der Waals surface area (Å²) in [6.07, 6.45) is 11.2. The number of fused-ring (bicyclic) bond motifs is 3. The first-order valence-corrected chi connectivity index (χ1v) is 10.2. The Morgan fingerprint density at radius 3 is 2.69 bits per heavy atom. The lowest BCUT2D eigenvalue weighted by Crippen LogP contribution is -2.38. The fraction of sp³-hybridized carbons (Fsp3) is 0.636. The van der Waals surface area contributed by atoms with Crippen molar-refractivity contribution in [1.82, 2.24) is 9.88 Å². The summed E-state index contributed by atoms with van der Waals surface area (Å²) in [7, 11) is 0. The maximum absolute atomic E-state index is 10.7. The molecule has 2 N–H and O–H groups in total. The minimum atomic E-state index is -0.315. The Balaban J connectivity index is 0.00000196. The summed E-state index contributed by atoms with van der Waals surface area (Å²) in [5.41, 5.74) is 5.66. The number of nitrogens with one attached hydrogen (secondary N) is 1. The third-order valence-electron chi connectivity index (χ3n) is 6.17. The van der Waals surface area contributed by atoms with Crippen molar-refractivity contribution in [3.63, 3.8) is 0 Å². The highest BCUT2D eigenvalue weighted by atomic mass is 35.5. The predicted molar refractivity (Wildman–Crippen MR) is 111 cm³/mol. The number of aromatic nitrogens is 1. The van der Waals surface area contributed by atoms with Crippen LogP contribution in [-0.4, -0.2) is 28.4 Å². The van der Waals surface area contributed by atoms with Gasteiger partial charge >= 0.3 is 0 Å². The average Bonchev–Trinajstić information content (AvgIpc) is 2.94. The third kappa shape index (κ3) is 4.11. The van der Waals surface area contributed by atoms with Gasteiger partial charge in [-0.3, -0.25) is 0 Å². The summed E-state index contributed by atoms with van der Waals surface area (Å²) in [4.78, 5) is 0. The molecular weight excluding hydrogens is 344 g/mol. The number of benzene rings is 1. The van der Waals surface area contributed by atoms with Crippen molar-refractivity contribution in [2.45, 2.75) is 83.4 Å². The van der Waals surface area contributed by atoms with Gasteiger partial charge in [-0.05, 0) is 63.1 Å². The van der Waals surface area contributed by atoms with Gasteiger partial charge < -0.3 is 15.0 Å². The van der Waals surface area contributed by atoms with Gasteiger partial charge in [-0.2, -0.15) is 0 Å². The highest BCUT2D eigenvalue weighted by Crippen LogP contribution is 2.33. The molecule has 144 valence electrons. The van der Waals surface area contributed by atoms with Crippen LogP contribution in [0.2, 0.25) is 0 Å². The van der Waals surface area contributed by atoms with E-state index in [4.69, 9.17) is 0 Å². The first kappa shape index (κ1) is 19.7. The van der Waals surface area contributed by atoms with Gasteiger partial charge in [0.05, 0.1) is 12.6 Å². The van der Waals surface area contributed by atoms with Crippen LogP contribution >= 0.6 is 12.4 Å².